The summed E-state index contributed by atoms with van der Waals surface area (Å²) in [6, 6.07) is 0.499. The lowest BCUT2D eigenvalue weighted by atomic mass is 10.0. The number of amides is 1. The number of carbonyl (C=O) groups is 1. The van der Waals surface area contributed by atoms with Gasteiger partial charge >= 0.3 is 0 Å². The molecule has 2 N–H and O–H groups in total. The minimum absolute atomic E-state index is 0.0255. The average molecular weight is 255 g/mol. The van der Waals surface area contributed by atoms with Gasteiger partial charge in [0.25, 0.3) is 0 Å². The molecule has 2 heterocycles. The lowest BCUT2D eigenvalue weighted by Crippen LogP contribution is -2.47. The van der Waals surface area contributed by atoms with Crippen LogP contribution in [-0.2, 0) is 9.53 Å². The lowest BCUT2D eigenvalue weighted by molar-refractivity contribution is -0.126. The van der Waals surface area contributed by atoms with Gasteiger partial charge in [0.1, 0.15) is 0 Å². The molecule has 2 aliphatic heterocycles. The lowest BCUT2D eigenvalue weighted by Gasteiger charge is -2.21. The summed E-state index contributed by atoms with van der Waals surface area (Å²) in [7, 11) is 2.09. The minimum Gasteiger partial charge on any atom is -0.379 e. The van der Waals surface area contributed by atoms with Crippen molar-refractivity contribution in [3.05, 3.63) is 0 Å². The SMILES string of the molecule is CCCNC1COCC1C(=O)NC1CCN(C)C1. The molecule has 0 radical (unpaired) electrons. The molecule has 0 bridgehead atoms. The van der Waals surface area contributed by atoms with Crippen LogP contribution < -0.4 is 10.6 Å². The van der Waals surface area contributed by atoms with Crippen LogP contribution in [0.1, 0.15) is 19.8 Å². The van der Waals surface area contributed by atoms with Crippen LogP contribution in [0.4, 0.5) is 0 Å². The highest BCUT2D eigenvalue weighted by Gasteiger charge is 2.35. The van der Waals surface area contributed by atoms with Crippen LogP contribution in [0.2, 0.25) is 0 Å². The van der Waals surface area contributed by atoms with E-state index in [0.717, 1.165) is 32.5 Å². The summed E-state index contributed by atoms with van der Waals surface area (Å²) < 4.78 is 5.44. The van der Waals surface area contributed by atoms with Crippen LogP contribution in [-0.4, -0.2) is 62.8 Å². The van der Waals surface area contributed by atoms with Crippen molar-refractivity contribution in [1.82, 2.24) is 15.5 Å². The average Bonchev–Trinajstić information content (AvgIpc) is 2.95. The molecule has 1 amide bonds. The topological polar surface area (TPSA) is 53.6 Å². The molecular weight excluding hydrogens is 230 g/mol. The fourth-order valence-electron chi connectivity index (χ4n) is 2.70. The van der Waals surface area contributed by atoms with Crippen molar-refractivity contribution >= 4 is 5.91 Å². The van der Waals surface area contributed by atoms with E-state index in [1.165, 1.54) is 0 Å². The van der Waals surface area contributed by atoms with E-state index in [1.54, 1.807) is 0 Å². The number of carbonyl (C=O) groups excluding carboxylic acids is 1. The first-order valence-electron chi connectivity index (χ1n) is 7.00. The molecule has 2 aliphatic rings. The van der Waals surface area contributed by atoms with Gasteiger partial charge in [-0.25, -0.2) is 0 Å². The summed E-state index contributed by atoms with van der Waals surface area (Å²) in [5.74, 6) is 0.129. The van der Waals surface area contributed by atoms with Gasteiger partial charge < -0.3 is 20.3 Å². The van der Waals surface area contributed by atoms with Crippen LogP contribution in [0, 0.1) is 5.92 Å². The Hall–Kier alpha value is -0.650. The Morgan fingerprint density at radius 2 is 2.28 bits per heavy atom. The van der Waals surface area contributed by atoms with Crippen molar-refractivity contribution in [3.63, 3.8) is 0 Å². The molecular formula is C13H25N3O2. The first kappa shape index (κ1) is 13.8. The van der Waals surface area contributed by atoms with Crippen molar-refractivity contribution in [3.8, 4) is 0 Å². The Balaban J connectivity index is 1.80. The molecule has 3 atom stereocenters. The van der Waals surface area contributed by atoms with Crippen LogP contribution in [0.3, 0.4) is 0 Å². The van der Waals surface area contributed by atoms with Crippen LogP contribution in [0.5, 0.6) is 0 Å². The van der Waals surface area contributed by atoms with Crippen LogP contribution in [0.25, 0.3) is 0 Å². The first-order chi connectivity index (χ1) is 8.70. The van der Waals surface area contributed by atoms with Gasteiger partial charge in [-0.3, -0.25) is 4.79 Å². The maximum absolute atomic E-state index is 12.2. The number of hydrogen-bond donors (Lipinski definition) is 2. The van der Waals surface area contributed by atoms with E-state index in [-0.39, 0.29) is 17.9 Å². The van der Waals surface area contributed by atoms with Gasteiger partial charge in [0.05, 0.1) is 19.1 Å². The normalized spacial score (nSPS) is 32.9. The van der Waals surface area contributed by atoms with Gasteiger partial charge in [0.15, 0.2) is 0 Å². The zero-order valence-electron chi connectivity index (χ0n) is 11.4. The molecule has 0 spiro atoms. The van der Waals surface area contributed by atoms with Gasteiger partial charge in [-0.1, -0.05) is 6.92 Å². The molecule has 0 aromatic carbocycles. The third-order valence-electron chi connectivity index (χ3n) is 3.81. The van der Waals surface area contributed by atoms with Crippen molar-refractivity contribution in [1.29, 1.82) is 0 Å². The summed E-state index contributed by atoms with van der Waals surface area (Å²) >= 11 is 0. The van der Waals surface area contributed by atoms with Gasteiger partial charge in [0.2, 0.25) is 5.91 Å². The molecule has 0 aromatic heterocycles. The first-order valence-corrected chi connectivity index (χ1v) is 7.00. The van der Waals surface area contributed by atoms with E-state index in [0.29, 0.717) is 19.3 Å². The third kappa shape index (κ3) is 3.43. The zero-order chi connectivity index (χ0) is 13.0. The highest BCUT2D eigenvalue weighted by molar-refractivity contribution is 5.80. The third-order valence-corrected chi connectivity index (χ3v) is 3.81. The molecule has 2 rings (SSSR count). The van der Waals surface area contributed by atoms with E-state index in [4.69, 9.17) is 4.74 Å². The van der Waals surface area contributed by atoms with E-state index >= 15 is 0 Å². The molecule has 18 heavy (non-hydrogen) atoms. The molecule has 5 heteroatoms. The molecule has 2 saturated heterocycles. The maximum Gasteiger partial charge on any atom is 0.227 e. The zero-order valence-corrected chi connectivity index (χ0v) is 11.4. The van der Waals surface area contributed by atoms with Gasteiger partial charge in [-0.15, -0.1) is 0 Å². The largest absolute Gasteiger partial charge is 0.379 e. The molecule has 0 aromatic rings. The number of likely N-dealkylation sites (N-methyl/N-ethyl adjacent to an activating group) is 1. The Morgan fingerprint density at radius 1 is 1.44 bits per heavy atom. The Kier molecular flexibility index (Phi) is 4.97. The summed E-state index contributed by atoms with van der Waals surface area (Å²) in [6.45, 7) is 6.32. The monoisotopic (exact) mass is 255 g/mol. The van der Waals surface area contributed by atoms with Crippen molar-refractivity contribution in [2.24, 2.45) is 5.92 Å². The fourth-order valence-corrected chi connectivity index (χ4v) is 2.70. The smallest absolute Gasteiger partial charge is 0.227 e. The van der Waals surface area contributed by atoms with Crippen LogP contribution in [0.15, 0.2) is 0 Å². The molecule has 2 fully saturated rings. The molecule has 0 aliphatic carbocycles. The van der Waals surface area contributed by atoms with E-state index in [2.05, 4.69) is 29.5 Å². The number of nitrogens with one attached hydrogen (secondary N) is 2. The predicted octanol–water partition coefficient (Wildman–Crippen LogP) is -0.179. The fraction of sp³-hybridized carbons (Fsp3) is 0.923. The highest BCUT2D eigenvalue weighted by Crippen LogP contribution is 2.15. The van der Waals surface area contributed by atoms with Gasteiger partial charge in [0, 0.05) is 18.6 Å². The maximum atomic E-state index is 12.2. The summed E-state index contributed by atoms with van der Waals surface area (Å²) in [4.78, 5) is 14.5. The molecule has 3 unspecified atom stereocenters. The minimum atomic E-state index is -0.0255. The predicted molar refractivity (Wildman–Crippen MR) is 70.4 cm³/mol. The summed E-state index contributed by atoms with van der Waals surface area (Å²) in [5.41, 5.74) is 0. The van der Waals surface area contributed by atoms with Gasteiger partial charge in [-0.2, -0.15) is 0 Å². The van der Waals surface area contributed by atoms with E-state index < -0.39 is 0 Å². The summed E-state index contributed by atoms with van der Waals surface area (Å²) in [5, 5.41) is 6.56. The number of ether oxygens (including phenoxy) is 1. The van der Waals surface area contributed by atoms with Gasteiger partial charge in [-0.05, 0) is 33.0 Å². The second-order valence-electron chi connectivity index (χ2n) is 5.46. The van der Waals surface area contributed by atoms with E-state index in [1.807, 2.05) is 0 Å². The highest BCUT2D eigenvalue weighted by atomic mass is 16.5. The molecule has 0 saturated carbocycles. The standard InChI is InChI=1S/C13H25N3O2/c1-3-5-14-12-9-18-8-11(12)13(17)15-10-4-6-16(2)7-10/h10-12,14H,3-9H2,1-2H3,(H,15,17). The Morgan fingerprint density at radius 3 is 2.94 bits per heavy atom. The van der Waals surface area contributed by atoms with Crippen molar-refractivity contribution in [2.45, 2.75) is 31.8 Å². The Bertz CT molecular complexity index is 285. The summed E-state index contributed by atoms with van der Waals surface area (Å²) in [6.07, 6.45) is 2.14. The van der Waals surface area contributed by atoms with E-state index in [9.17, 15) is 4.79 Å². The Labute approximate surface area is 109 Å². The molecule has 5 nitrogen and oxygen atoms in total. The second kappa shape index (κ2) is 6.50. The van der Waals surface area contributed by atoms with Crippen molar-refractivity contribution < 1.29 is 9.53 Å². The second-order valence-corrected chi connectivity index (χ2v) is 5.46. The molecule has 104 valence electrons. The van der Waals surface area contributed by atoms with Crippen molar-refractivity contribution in [2.75, 3.05) is 39.9 Å². The number of likely N-dealkylation sites (tertiary alicyclic amines) is 1. The van der Waals surface area contributed by atoms with Crippen LogP contribution >= 0.6 is 0 Å². The number of rotatable bonds is 5. The quantitative estimate of drug-likeness (QED) is 0.716. The number of nitrogens with zero attached hydrogens (tertiary/aromatic N) is 1. The number of hydrogen-bond acceptors (Lipinski definition) is 4.